The number of carbonyl (C=O) groups excluding carboxylic acids is 2. The molecule has 1 atom stereocenters. The Balaban J connectivity index is 1.48. The Morgan fingerprint density at radius 2 is 1.73 bits per heavy atom. The van der Waals surface area contributed by atoms with Crippen LogP contribution in [0.3, 0.4) is 0 Å². The van der Waals surface area contributed by atoms with Crippen LogP contribution in [0.4, 0.5) is 4.39 Å². The molecule has 1 aliphatic heterocycles. The third-order valence-corrected chi connectivity index (χ3v) is 6.02. The molecule has 0 aliphatic carbocycles. The van der Waals surface area contributed by atoms with Crippen molar-refractivity contribution in [2.45, 2.75) is 26.0 Å². The molecule has 0 bridgehead atoms. The fourth-order valence-corrected chi connectivity index (χ4v) is 4.18. The van der Waals surface area contributed by atoms with Crippen LogP contribution >= 0.6 is 0 Å². The third kappa shape index (κ3) is 5.86. The fraction of sp³-hybridized carbons (Fsp3) is 0.207. The second-order valence-electron chi connectivity index (χ2n) is 8.41. The molecule has 7 nitrogen and oxygen atoms in total. The minimum Gasteiger partial charge on any atom is -0.503 e. The van der Waals surface area contributed by atoms with Crippen molar-refractivity contribution in [2.75, 3.05) is 14.2 Å². The van der Waals surface area contributed by atoms with Crippen LogP contribution in [-0.2, 0) is 25.7 Å². The van der Waals surface area contributed by atoms with Crippen molar-refractivity contribution < 1.29 is 28.2 Å². The van der Waals surface area contributed by atoms with Gasteiger partial charge in [0.1, 0.15) is 23.7 Å². The Morgan fingerprint density at radius 3 is 2.38 bits per heavy atom. The lowest BCUT2D eigenvalue weighted by Gasteiger charge is -2.20. The highest BCUT2D eigenvalue weighted by Crippen LogP contribution is 2.33. The largest absolute Gasteiger partial charge is 0.503 e. The van der Waals surface area contributed by atoms with Crippen molar-refractivity contribution in [1.82, 2.24) is 5.01 Å². The zero-order valence-corrected chi connectivity index (χ0v) is 20.8. The SMILES string of the molecule is CO/C=C(/C(=O)OC)c1ccccc1COc1ccc(C2=NN(C(C)=O)C(c3ccc(F)cc3)C2)cc1. The molecule has 190 valence electrons. The van der Waals surface area contributed by atoms with Gasteiger partial charge in [0.25, 0.3) is 0 Å². The summed E-state index contributed by atoms with van der Waals surface area (Å²) in [6, 6.07) is 20.6. The van der Waals surface area contributed by atoms with Crippen molar-refractivity contribution in [1.29, 1.82) is 0 Å². The topological polar surface area (TPSA) is 77.4 Å². The van der Waals surface area contributed by atoms with Crippen LogP contribution in [0.15, 0.2) is 84.2 Å². The number of hydrazone groups is 1. The van der Waals surface area contributed by atoms with Gasteiger partial charge in [-0.15, -0.1) is 0 Å². The minimum absolute atomic E-state index is 0.184. The van der Waals surface area contributed by atoms with E-state index in [2.05, 4.69) is 5.10 Å². The summed E-state index contributed by atoms with van der Waals surface area (Å²) >= 11 is 0. The van der Waals surface area contributed by atoms with Gasteiger partial charge in [-0.2, -0.15) is 5.10 Å². The quantitative estimate of drug-likeness (QED) is 0.239. The molecule has 8 heteroatoms. The van der Waals surface area contributed by atoms with Crippen molar-refractivity contribution in [3.63, 3.8) is 0 Å². The average molecular weight is 503 g/mol. The lowest BCUT2D eigenvalue weighted by molar-refractivity contribution is -0.134. The molecular formula is C29H27FN2O5. The van der Waals surface area contributed by atoms with Crippen LogP contribution in [0, 0.1) is 5.82 Å². The molecule has 1 amide bonds. The molecule has 0 saturated heterocycles. The van der Waals surface area contributed by atoms with E-state index < -0.39 is 5.97 Å². The van der Waals surface area contributed by atoms with Crippen LogP contribution < -0.4 is 4.74 Å². The Bertz CT molecular complexity index is 1330. The molecule has 1 aliphatic rings. The van der Waals surface area contributed by atoms with Crippen LogP contribution in [0.2, 0.25) is 0 Å². The summed E-state index contributed by atoms with van der Waals surface area (Å²) in [6.45, 7) is 1.68. The number of ether oxygens (including phenoxy) is 3. The smallest absolute Gasteiger partial charge is 0.341 e. The van der Waals surface area contributed by atoms with Gasteiger partial charge in [-0.1, -0.05) is 36.4 Å². The Kier molecular flexibility index (Phi) is 7.98. The number of benzene rings is 3. The summed E-state index contributed by atoms with van der Waals surface area (Å²) in [5.74, 6) is -0.385. The zero-order valence-electron chi connectivity index (χ0n) is 20.8. The van der Waals surface area contributed by atoms with Crippen molar-refractivity contribution in [2.24, 2.45) is 5.10 Å². The summed E-state index contributed by atoms with van der Waals surface area (Å²) in [7, 11) is 2.79. The lowest BCUT2D eigenvalue weighted by atomic mass is 9.98. The number of carbonyl (C=O) groups is 2. The first-order valence-corrected chi connectivity index (χ1v) is 11.7. The molecule has 0 N–H and O–H groups in total. The first-order chi connectivity index (χ1) is 17.9. The monoisotopic (exact) mass is 502 g/mol. The lowest BCUT2D eigenvalue weighted by Crippen LogP contribution is -2.24. The van der Waals surface area contributed by atoms with E-state index in [1.54, 1.807) is 18.2 Å². The molecular weight excluding hydrogens is 475 g/mol. The molecule has 3 aromatic rings. The summed E-state index contributed by atoms with van der Waals surface area (Å²) in [5.41, 5.74) is 4.18. The molecule has 37 heavy (non-hydrogen) atoms. The van der Waals surface area contributed by atoms with Gasteiger partial charge in [-0.25, -0.2) is 14.2 Å². The molecule has 0 radical (unpaired) electrons. The van der Waals surface area contributed by atoms with Crippen LogP contribution in [0.25, 0.3) is 5.57 Å². The second kappa shape index (κ2) is 11.5. The summed E-state index contributed by atoms with van der Waals surface area (Å²) in [5, 5.41) is 5.98. The first-order valence-electron chi connectivity index (χ1n) is 11.7. The van der Waals surface area contributed by atoms with E-state index >= 15 is 0 Å². The summed E-state index contributed by atoms with van der Waals surface area (Å²) < 4.78 is 29.3. The Labute approximate surface area is 214 Å². The van der Waals surface area contributed by atoms with E-state index in [0.717, 1.165) is 22.4 Å². The van der Waals surface area contributed by atoms with Gasteiger partial charge in [0.15, 0.2) is 0 Å². The maximum Gasteiger partial charge on any atom is 0.341 e. The van der Waals surface area contributed by atoms with E-state index in [0.29, 0.717) is 23.3 Å². The van der Waals surface area contributed by atoms with Gasteiger partial charge in [0.05, 0.1) is 32.2 Å². The summed E-state index contributed by atoms with van der Waals surface area (Å²) in [4.78, 5) is 24.4. The number of esters is 1. The standard InChI is InChI=1S/C29H27FN2O5/c1-19(33)32-28(21-8-12-23(30)13-9-21)16-27(31-32)20-10-14-24(15-11-20)37-17-22-6-4-5-7-25(22)26(18-35-2)29(34)36-3/h4-15,18,28H,16-17H2,1-3H3/b26-18+. The molecule has 0 saturated carbocycles. The van der Waals surface area contributed by atoms with E-state index in [1.165, 1.54) is 44.5 Å². The summed E-state index contributed by atoms with van der Waals surface area (Å²) in [6.07, 6.45) is 1.87. The molecule has 0 aromatic heterocycles. The van der Waals surface area contributed by atoms with Crippen LogP contribution in [-0.4, -0.2) is 36.8 Å². The van der Waals surface area contributed by atoms with Crippen LogP contribution in [0.1, 0.15) is 41.6 Å². The van der Waals surface area contributed by atoms with Gasteiger partial charge in [0.2, 0.25) is 5.91 Å². The molecule has 1 unspecified atom stereocenters. The van der Waals surface area contributed by atoms with E-state index in [-0.39, 0.29) is 24.4 Å². The molecule has 4 rings (SSSR count). The molecule has 1 heterocycles. The first kappa shape index (κ1) is 25.6. The number of methoxy groups -OCH3 is 2. The highest BCUT2D eigenvalue weighted by atomic mass is 19.1. The minimum atomic E-state index is -0.505. The van der Waals surface area contributed by atoms with Crippen LogP contribution in [0.5, 0.6) is 5.75 Å². The Morgan fingerprint density at radius 1 is 1.03 bits per heavy atom. The van der Waals surface area contributed by atoms with Gasteiger partial charge >= 0.3 is 5.97 Å². The van der Waals surface area contributed by atoms with Gasteiger partial charge < -0.3 is 14.2 Å². The molecule has 0 spiro atoms. The number of amides is 1. The highest BCUT2D eigenvalue weighted by Gasteiger charge is 2.31. The van der Waals surface area contributed by atoms with Gasteiger partial charge in [0, 0.05) is 13.3 Å². The Hall–Kier alpha value is -4.46. The number of halogens is 1. The second-order valence-corrected chi connectivity index (χ2v) is 8.41. The van der Waals surface area contributed by atoms with Gasteiger partial charge in [-0.05, 0) is 58.7 Å². The molecule has 3 aromatic carbocycles. The number of hydrogen-bond donors (Lipinski definition) is 0. The fourth-order valence-electron chi connectivity index (χ4n) is 4.18. The predicted molar refractivity (Wildman–Crippen MR) is 137 cm³/mol. The van der Waals surface area contributed by atoms with E-state index in [4.69, 9.17) is 14.2 Å². The maximum atomic E-state index is 13.4. The van der Waals surface area contributed by atoms with Crippen molar-refractivity contribution >= 4 is 23.2 Å². The zero-order chi connectivity index (χ0) is 26.4. The third-order valence-electron chi connectivity index (χ3n) is 6.02. The average Bonchev–Trinajstić information content (AvgIpc) is 3.37. The van der Waals surface area contributed by atoms with E-state index in [9.17, 15) is 14.0 Å². The normalized spacial score (nSPS) is 15.2. The van der Waals surface area contributed by atoms with Gasteiger partial charge in [-0.3, -0.25) is 4.79 Å². The number of rotatable bonds is 8. The maximum absolute atomic E-state index is 13.4. The number of hydrogen-bond acceptors (Lipinski definition) is 6. The highest BCUT2D eigenvalue weighted by molar-refractivity contribution is 6.16. The predicted octanol–water partition coefficient (Wildman–Crippen LogP) is 5.26. The van der Waals surface area contributed by atoms with E-state index in [1.807, 2.05) is 42.5 Å². The van der Waals surface area contributed by atoms with Crippen molar-refractivity contribution in [3.8, 4) is 5.75 Å². The number of nitrogens with zero attached hydrogens (tertiary/aromatic N) is 2. The molecule has 0 fully saturated rings. The van der Waals surface area contributed by atoms with Crippen molar-refractivity contribution in [3.05, 3.63) is 107 Å².